The van der Waals surface area contributed by atoms with E-state index in [4.69, 9.17) is 9.47 Å². The molecule has 0 radical (unpaired) electrons. The van der Waals surface area contributed by atoms with Gasteiger partial charge in [0.15, 0.2) is 11.5 Å². The normalized spacial score (nSPS) is 19.9. The summed E-state index contributed by atoms with van der Waals surface area (Å²) in [6.07, 6.45) is -0.313. The van der Waals surface area contributed by atoms with Crippen LogP contribution in [0.1, 0.15) is 0 Å². The summed E-state index contributed by atoms with van der Waals surface area (Å²) >= 11 is 0. The Morgan fingerprint density at radius 1 is 1.12 bits per heavy atom. The van der Waals surface area contributed by atoms with E-state index in [1.807, 2.05) is 24.3 Å². The van der Waals surface area contributed by atoms with Crippen LogP contribution < -0.4 is 25.4 Å². The van der Waals surface area contributed by atoms with E-state index in [9.17, 15) is 9.59 Å². The van der Waals surface area contributed by atoms with Gasteiger partial charge in [0.05, 0.1) is 6.54 Å². The molecule has 1 aromatic carbocycles. The van der Waals surface area contributed by atoms with E-state index in [1.165, 1.54) is 0 Å². The minimum absolute atomic E-state index is 0.221. The van der Waals surface area contributed by atoms with Crippen LogP contribution in [-0.4, -0.2) is 75.2 Å². The fourth-order valence-corrected chi connectivity index (χ4v) is 2.79. The number of carbonyl (C=O) groups excluding carboxylic acids is 2. The van der Waals surface area contributed by atoms with E-state index in [0.717, 1.165) is 32.7 Å². The van der Waals surface area contributed by atoms with Crippen LogP contribution in [-0.2, 0) is 9.59 Å². The van der Waals surface area contributed by atoms with Crippen molar-refractivity contribution in [2.24, 2.45) is 0 Å². The van der Waals surface area contributed by atoms with Crippen molar-refractivity contribution in [2.75, 3.05) is 52.4 Å². The molecule has 3 rings (SSSR count). The Morgan fingerprint density at radius 3 is 2.64 bits per heavy atom. The standard InChI is InChI=1S/C17H24N4O4/c22-16(19-7-10-21-8-5-18-6-9-21)17(23)20-11-13-12-24-14-3-1-2-4-15(14)25-13/h1-4,13,18H,5-12H2,(H,19,22)(H,20,23). The number of ether oxygens (including phenoxy) is 2. The molecule has 0 bridgehead atoms. The van der Waals surface area contributed by atoms with Crippen LogP contribution in [0.2, 0.25) is 0 Å². The van der Waals surface area contributed by atoms with Crippen molar-refractivity contribution >= 4 is 11.8 Å². The first-order valence-corrected chi connectivity index (χ1v) is 8.60. The van der Waals surface area contributed by atoms with Gasteiger partial charge in [-0.25, -0.2) is 0 Å². The van der Waals surface area contributed by atoms with Crippen LogP contribution >= 0.6 is 0 Å². The number of para-hydroxylation sites is 2. The molecule has 8 nitrogen and oxygen atoms in total. The molecule has 8 heteroatoms. The van der Waals surface area contributed by atoms with Gasteiger partial charge in [0.1, 0.15) is 12.7 Å². The lowest BCUT2D eigenvalue weighted by Gasteiger charge is -2.27. The van der Waals surface area contributed by atoms with Gasteiger partial charge in [-0.3, -0.25) is 14.5 Å². The van der Waals surface area contributed by atoms with E-state index in [2.05, 4.69) is 20.9 Å². The predicted molar refractivity (Wildman–Crippen MR) is 91.7 cm³/mol. The van der Waals surface area contributed by atoms with Gasteiger partial charge >= 0.3 is 11.8 Å². The van der Waals surface area contributed by atoms with E-state index in [1.54, 1.807) is 0 Å². The number of piperazine rings is 1. The van der Waals surface area contributed by atoms with Crippen molar-refractivity contribution in [3.05, 3.63) is 24.3 Å². The van der Waals surface area contributed by atoms with E-state index < -0.39 is 11.8 Å². The minimum Gasteiger partial charge on any atom is -0.486 e. The molecule has 1 atom stereocenters. The van der Waals surface area contributed by atoms with Crippen molar-refractivity contribution in [2.45, 2.75) is 6.10 Å². The van der Waals surface area contributed by atoms with Crippen LogP contribution in [0, 0.1) is 0 Å². The van der Waals surface area contributed by atoms with Gasteiger partial charge in [0.2, 0.25) is 0 Å². The molecule has 3 N–H and O–H groups in total. The van der Waals surface area contributed by atoms with Crippen molar-refractivity contribution < 1.29 is 19.1 Å². The number of benzene rings is 1. The Labute approximate surface area is 146 Å². The molecule has 136 valence electrons. The molecule has 2 aliphatic rings. The predicted octanol–water partition coefficient (Wildman–Crippen LogP) is -1.04. The Bertz CT molecular complexity index is 604. The molecule has 1 saturated heterocycles. The largest absolute Gasteiger partial charge is 0.486 e. The van der Waals surface area contributed by atoms with Crippen molar-refractivity contribution in [3.63, 3.8) is 0 Å². The third-order valence-electron chi connectivity index (χ3n) is 4.19. The van der Waals surface area contributed by atoms with Gasteiger partial charge < -0.3 is 25.4 Å². The number of amides is 2. The molecule has 25 heavy (non-hydrogen) atoms. The van der Waals surface area contributed by atoms with Gasteiger partial charge in [-0.2, -0.15) is 0 Å². The Balaban J connectivity index is 1.34. The topological polar surface area (TPSA) is 91.9 Å². The molecule has 2 heterocycles. The maximum absolute atomic E-state index is 11.9. The van der Waals surface area contributed by atoms with Crippen LogP contribution in [0.4, 0.5) is 0 Å². The van der Waals surface area contributed by atoms with Crippen LogP contribution in [0.25, 0.3) is 0 Å². The molecule has 1 unspecified atom stereocenters. The maximum Gasteiger partial charge on any atom is 0.309 e. The molecule has 0 spiro atoms. The van der Waals surface area contributed by atoms with Gasteiger partial charge in [-0.05, 0) is 12.1 Å². The molecule has 0 aromatic heterocycles. The van der Waals surface area contributed by atoms with Gasteiger partial charge in [-0.1, -0.05) is 12.1 Å². The third kappa shape index (κ3) is 5.07. The summed E-state index contributed by atoms with van der Waals surface area (Å²) in [5.41, 5.74) is 0. The van der Waals surface area contributed by atoms with Crippen LogP contribution in [0.3, 0.4) is 0 Å². The lowest BCUT2D eigenvalue weighted by molar-refractivity contribution is -0.139. The second-order valence-electron chi connectivity index (χ2n) is 6.06. The fraction of sp³-hybridized carbons (Fsp3) is 0.529. The summed E-state index contributed by atoms with van der Waals surface area (Å²) in [6.45, 7) is 5.60. The van der Waals surface area contributed by atoms with E-state index in [0.29, 0.717) is 24.7 Å². The molecule has 1 aromatic rings. The summed E-state index contributed by atoms with van der Waals surface area (Å²) in [4.78, 5) is 25.9. The highest BCUT2D eigenvalue weighted by atomic mass is 16.6. The van der Waals surface area contributed by atoms with Crippen molar-refractivity contribution in [3.8, 4) is 11.5 Å². The average molecular weight is 348 g/mol. The molecule has 2 aliphatic heterocycles. The summed E-state index contributed by atoms with van der Waals surface area (Å²) in [6, 6.07) is 7.37. The first-order valence-electron chi connectivity index (χ1n) is 8.60. The second-order valence-corrected chi connectivity index (χ2v) is 6.06. The first kappa shape index (κ1) is 17.5. The SMILES string of the molecule is O=C(NCCN1CCNCC1)C(=O)NCC1COc2ccccc2O1. The quantitative estimate of drug-likeness (QED) is 0.589. The highest BCUT2D eigenvalue weighted by Crippen LogP contribution is 2.30. The molecular formula is C17H24N4O4. The van der Waals surface area contributed by atoms with Gasteiger partial charge in [-0.15, -0.1) is 0 Å². The van der Waals surface area contributed by atoms with E-state index in [-0.39, 0.29) is 12.6 Å². The summed E-state index contributed by atoms with van der Waals surface area (Å²) in [5, 5.41) is 8.51. The van der Waals surface area contributed by atoms with Gasteiger partial charge in [0, 0.05) is 39.3 Å². The summed E-state index contributed by atoms with van der Waals surface area (Å²) in [7, 11) is 0. The zero-order valence-electron chi connectivity index (χ0n) is 14.1. The number of rotatable bonds is 5. The molecule has 0 saturated carbocycles. The van der Waals surface area contributed by atoms with Crippen LogP contribution in [0.15, 0.2) is 24.3 Å². The second kappa shape index (κ2) is 8.68. The molecular weight excluding hydrogens is 324 g/mol. The van der Waals surface area contributed by atoms with Crippen LogP contribution in [0.5, 0.6) is 11.5 Å². The lowest BCUT2D eigenvalue weighted by atomic mass is 10.2. The minimum atomic E-state index is -0.650. The van der Waals surface area contributed by atoms with Crippen molar-refractivity contribution in [1.29, 1.82) is 0 Å². The van der Waals surface area contributed by atoms with Crippen molar-refractivity contribution in [1.82, 2.24) is 20.9 Å². The zero-order valence-corrected chi connectivity index (χ0v) is 14.1. The number of carbonyl (C=O) groups is 2. The third-order valence-corrected chi connectivity index (χ3v) is 4.19. The number of nitrogens with zero attached hydrogens (tertiary/aromatic N) is 1. The summed E-state index contributed by atoms with van der Waals surface area (Å²) < 4.78 is 11.3. The monoisotopic (exact) mass is 348 g/mol. The zero-order chi connectivity index (χ0) is 17.5. The molecule has 0 aliphatic carbocycles. The van der Waals surface area contributed by atoms with E-state index >= 15 is 0 Å². The molecule has 1 fully saturated rings. The highest BCUT2D eigenvalue weighted by Gasteiger charge is 2.22. The number of fused-ring (bicyclic) bond motifs is 1. The Hall–Kier alpha value is -2.32. The Morgan fingerprint density at radius 2 is 1.84 bits per heavy atom. The Kier molecular flexibility index (Phi) is 6.08. The number of nitrogens with one attached hydrogen (secondary N) is 3. The maximum atomic E-state index is 11.9. The lowest BCUT2D eigenvalue weighted by Crippen LogP contribution is -2.49. The smallest absolute Gasteiger partial charge is 0.309 e. The first-order chi connectivity index (χ1) is 12.2. The number of hydrogen-bond donors (Lipinski definition) is 3. The highest BCUT2D eigenvalue weighted by molar-refractivity contribution is 6.35. The number of hydrogen-bond acceptors (Lipinski definition) is 6. The summed E-state index contributed by atoms with van der Waals surface area (Å²) in [5.74, 6) is 0.0687. The fourth-order valence-electron chi connectivity index (χ4n) is 2.79. The molecule has 2 amide bonds. The van der Waals surface area contributed by atoms with Gasteiger partial charge in [0.25, 0.3) is 0 Å². The average Bonchev–Trinajstić information content (AvgIpc) is 2.66.